The third-order valence-electron chi connectivity index (χ3n) is 4.75. The number of nitrogens with two attached hydrogens (primary N) is 1. The molecular weight excluding hydrogens is 348 g/mol. The van der Waals surface area contributed by atoms with E-state index in [0.29, 0.717) is 17.7 Å². The van der Waals surface area contributed by atoms with Crippen molar-refractivity contribution in [3.05, 3.63) is 65.7 Å². The van der Waals surface area contributed by atoms with Crippen molar-refractivity contribution in [1.82, 2.24) is 5.32 Å². The quantitative estimate of drug-likeness (QED) is 0.780. The second-order valence-electron chi connectivity index (χ2n) is 7.00. The van der Waals surface area contributed by atoms with E-state index in [1.54, 1.807) is 54.6 Å². The largest absolute Gasteiger partial charge is 0.345 e. The molecule has 0 radical (unpaired) electrons. The smallest absolute Gasteiger partial charge is 0.251 e. The summed E-state index contributed by atoms with van der Waals surface area (Å²) in [5, 5.41) is 2.97. The second kappa shape index (κ2) is 8.01. The zero-order valence-electron chi connectivity index (χ0n) is 15.4. The van der Waals surface area contributed by atoms with Gasteiger partial charge in [0.1, 0.15) is 0 Å². The van der Waals surface area contributed by atoms with Crippen molar-refractivity contribution in [1.29, 1.82) is 0 Å². The van der Waals surface area contributed by atoms with Gasteiger partial charge in [-0.2, -0.15) is 0 Å². The lowest BCUT2D eigenvalue weighted by molar-refractivity contribution is 0.0883. The molecule has 6 heteroatoms. The molecule has 2 rings (SSSR count). The van der Waals surface area contributed by atoms with Crippen LogP contribution in [0, 0.1) is 5.92 Å². The number of carbonyl (C=O) groups is 1. The highest BCUT2D eigenvalue weighted by Crippen LogP contribution is 2.19. The minimum atomic E-state index is -3.46. The van der Waals surface area contributed by atoms with Crippen LogP contribution in [0.5, 0.6) is 0 Å². The van der Waals surface area contributed by atoms with Crippen molar-refractivity contribution >= 4 is 15.7 Å². The van der Waals surface area contributed by atoms with Gasteiger partial charge in [-0.25, -0.2) is 8.42 Å². The van der Waals surface area contributed by atoms with Crippen LogP contribution < -0.4 is 11.1 Å². The minimum absolute atomic E-state index is 0.156. The van der Waals surface area contributed by atoms with E-state index in [0.717, 1.165) is 0 Å². The molecule has 1 unspecified atom stereocenters. The molecule has 0 aliphatic heterocycles. The first-order valence-corrected chi connectivity index (χ1v) is 10.2. The maximum atomic E-state index is 12.6. The summed E-state index contributed by atoms with van der Waals surface area (Å²) in [6.45, 7) is 6.21. The number of benzene rings is 2. The molecule has 0 spiro atoms. The third-order valence-corrected chi connectivity index (χ3v) is 6.45. The highest BCUT2D eigenvalue weighted by atomic mass is 32.2. The first-order valence-electron chi connectivity index (χ1n) is 8.57. The van der Waals surface area contributed by atoms with E-state index >= 15 is 0 Å². The van der Waals surface area contributed by atoms with E-state index < -0.39 is 15.4 Å². The Morgan fingerprint density at radius 1 is 1.12 bits per heavy atom. The van der Waals surface area contributed by atoms with Gasteiger partial charge in [-0.3, -0.25) is 4.79 Å². The van der Waals surface area contributed by atoms with Crippen molar-refractivity contribution in [2.75, 3.05) is 6.54 Å². The van der Waals surface area contributed by atoms with Crippen molar-refractivity contribution in [2.24, 2.45) is 11.7 Å². The lowest BCUT2D eigenvalue weighted by atomic mass is 9.88. The molecule has 0 saturated heterocycles. The fraction of sp³-hybridized carbons (Fsp3) is 0.350. The number of hydrogen-bond acceptors (Lipinski definition) is 4. The predicted molar refractivity (Wildman–Crippen MR) is 104 cm³/mol. The summed E-state index contributed by atoms with van der Waals surface area (Å²) in [6, 6.07) is 15.0. The van der Waals surface area contributed by atoms with Crippen LogP contribution >= 0.6 is 0 Å². The summed E-state index contributed by atoms with van der Waals surface area (Å²) >= 11 is 0. The van der Waals surface area contributed by atoms with Crippen molar-refractivity contribution < 1.29 is 13.2 Å². The first-order chi connectivity index (χ1) is 12.2. The van der Waals surface area contributed by atoms with E-state index in [-0.39, 0.29) is 22.5 Å². The highest BCUT2D eigenvalue weighted by molar-refractivity contribution is 7.90. The summed E-state index contributed by atoms with van der Waals surface area (Å²) < 4.78 is 25.1. The summed E-state index contributed by atoms with van der Waals surface area (Å²) in [7, 11) is -3.46. The molecule has 2 aromatic carbocycles. The Kier molecular flexibility index (Phi) is 6.21. The number of amides is 1. The highest BCUT2D eigenvalue weighted by Gasteiger charge is 2.29. The zero-order valence-corrected chi connectivity index (χ0v) is 16.2. The van der Waals surface area contributed by atoms with Crippen LogP contribution in [0.3, 0.4) is 0 Å². The van der Waals surface area contributed by atoms with E-state index in [2.05, 4.69) is 5.32 Å². The van der Waals surface area contributed by atoms with Crippen LogP contribution in [-0.4, -0.2) is 26.4 Å². The maximum Gasteiger partial charge on any atom is 0.251 e. The maximum absolute atomic E-state index is 12.6. The molecule has 3 N–H and O–H groups in total. The molecule has 0 saturated carbocycles. The number of rotatable bonds is 7. The van der Waals surface area contributed by atoms with Crippen LogP contribution in [-0.2, 0) is 15.6 Å². The standard InChI is InChI=1S/C20H26N2O3S/c1-15(2)20(3,14-21)22-19(23)17-9-7-8-16(12-17)13-26(24,25)18-10-5-4-6-11-18/h4-12,15H,13-14,21H2,1-3H3,(H,22,23). The molecule has 0 aliphatic rings. The molecule has 2 aromatic rings. The monoisotopic (exact) mass is 374 g/mol. The lowest BCUT2D eigenvalue weighted by Crippen LogP contribution is -2.55. The van der Waals surface area contributed by atoms with Gasteiger partial charge in [-0.15, -0.1) is 0 Å². The summed E-state index contributed by atoms with van der Waals surface area (Å²) in [4.78, 5) is 12.9. The summed E-state index contributed by atoms with van der Waals surface area (Å²) in [5.74, 6) is -0.250. The van der Waals surface area contributed by atoms with Crippen LogP contribution in [0.15, 0.2) is 59.5 Å². The molecule has 0 aromatic heterocycles. The molecule has 140 valence electrons. The number of sulfone groups is 1. The van der Waals surface area contributed by atoms with Gasteiger partial charge in [-0.1, -0.05) is 44.2 Å². The molecule has 1 amide bonds. The Balaban J connectivity index is 2.22. The average molecular weight is 375 g/mol. The molecule has 0 fully saturated rings. The Bertz CT molecular complexity index is 864. The minimum Gasteiger partial charge on any atom is -0.345 e. The molecule has 1 atom stereocenters. The van der Waals surface area contributed by atoms with Gasteiger partial charge in [-0.05, 0) is 42.7 Å². The van der Waals surface area contributed by atoms with Gasteiger partial charge < -0.3 is 11.1 Å². The summed E-state index contributed by atoms with van der Waals surface area (Å²) in [6.07, 6.45) is 0. The van der Waals surface area contributed by atoms with Crippen molar-refractivity contribution in [3.63, 3.8) is 0 Å². The fourth-order valence-electron chi connectivity index (χ4n) is 2.50. The number of nitrogens with one attached hydrogen (secondary N) is 1. The van der Waals surface area contributed by atoms with Crippen LogP contribution in [0.4, 0.5) is 0 Å². The van der Waals surface area contributed by atoms with E-state index in [1.165, 1.54) is 0 Å². The molecular formula is C20H26N2O3S. The van der Waals surface area contributed by atoms with Crippen LogP contribution in [0.25, 0.3) is 0 Å². The average Bonchev–Trinajstić information content (AvgIpc) is 2.62. The number of carbonyl (C=O) groups excluding carboxylic acids is 1. The van der Waals surface area contributed by atoms with Gasteiger partial charge in [0.05, 0.1) is 16.2 Å². The zero-order chi connectivity index (χ0) is 19.4. The molecule has 0 aliphatic carbocycles. The predicted octanol–water partition coefficient (Wildman–Crippen LogP) is 2.76. The van der Waals surface area contributed by atoms with Crippen LogP contribution in [0.2, 0.25) is 0 Å². The van der Waals surface area contributed by atoms with E-state index in [4.69, 9.17) is 5.73 Å². The third kappa shape index (κ3) is 4.71. The Morgan fingerprint density at radius 3 is 2.35 bits per heavy atom. The Hall–Kier alpha value is -2.18. The second-order valence-corrected chi connectivity index (χ2v) is 8.99. The van der Waals surface area contributed by atoms with Gasteiger partial charge >= 0.3 is 0 Å². The Morgan fingerprint density at radius 2 is 1.77 bits per heavy atom. The van der Waals surface area contributed by atoms with Crippen molar-refractivity contribution in [2.45, 2.75) is 37.0 Å². The fourth-order valence-corrected chi connectivity index (χ4v) is 3.85. The topological polar surface area (TPSA) is 89.3 Å². The van der Waals surface area contributed by atoms with Gasteiger partial charge in [0.2, 0.25) is 0 Å². The van der Waals surface area contributed by atoms with Crippen molar-refractivity contribution in [3.8, 4) is 0 Å². The SMILES string of the molecule is CC(C)C(C)(CN)NC(=O)c1cccc(CS(=O)(=O)c2ccccc2)c1. The first kappa shape index (κ1) is 20.1. The van der Waals surface area contributed by atoms with E-state index in [9.17, 15) is 13.2 Å². The summed E-state index contributed by atoms with van der Waals surface area (Å²) in [5.41, 5.74) is 6.29. The van der Waals surface area contributed by atoms with Gasteiger partial charge in [0.15, 0.2) is 9.84 Å². The lowest BCUT2D eigenvalue weighted by Gasteiger charge is -2.33. The number of hydrogen-bond donors (Lipinski definition) is 2. The normalized spacial score (nSPS) is 14.0. The molecule has 0 heterocycles. The van der Waals surface area contributed by atoms with E-state index in [1.807, 2.05) is 20.8 Å². The van der Waals surface area contributed by atoms with Crippen LogP contribution in [0.1, 0.15) is 36.7 Å². The molecule has 26 heavy (non-hydrogen) atoms. The van der Waals surface area contributed by atoms with Gasteiger partial charge in [0, 0.05) is 12.1 Å². The Labute approximate surface area is 155 Å². The van der Waals surface area contributed by atoms with Gasteiger partial charge in [0.25, 0.3) is 5.91 Å². The molecule has 0 bridgehead atoms. The molecule has 5 nitrogen and oxygen atoms in total.